The first kappa shape index (κ1) is 12.9. The van der Waals surface area contributed by atoms with Crippen LogP contribution in [0.2, 0.25) is 9.91 Å². The Bertz CT molecular complexity index is 486. The summed E-state index contributed by atoms with van der Waals surface area (Å²) in [6.07, 6.45) is 0. The van der Waals surface area contributed by atoms with Gasteiger partial charge >= 0.3 is 106 Å². The Morgan fingerprint density at radius 3 is 2.59 bits per heavy atom. The minimum absolute atomic E-state index is 0.162. The quantitative estimate of drug-likeness (QED) is 0.643. The summed E-state index contributed by atoms with van der Waals surface area (Å²) in [4.78, 5) is 0. The summed E-state index contributed by atoms with van der Waals surface area (Å²) in [6.45, 7) is 2.93. The Hall–Kier alpha value is -0.512. The molecule has 0 aromatic heterocycles. The number of rotatable bonds is 5. The zero-order valence-corrected chi connectivity index (χ0v) is 12.3. The topological polar surface area (TPSA) is 69.2 Å². The number of anilines is 1. The van der Waals surface area contributed by atoms with E-state index in [1.165, 1.54) is 4.35 Å². The van der Waals surface area contributed by atoms with E-state index in [1.807, 2.05) is 19.1 Å². The number of hydrogen-bond acceptors (Lipinski definition) is 4. The zero-order chi connectivity index (χ0) is 12.5. The van der Waals surface area contributed by atoms with Gasteiger partial charge in [-0.25, -0.2) is 0 Å². The summed E-state index contributed by atoms with van der Waals surface area (Å²) < 4.78 is 33.4. The van der Waals surface area contributed by atoms with E-state index in [2.05, 4.69) is 17.4 Å². The van der Waals surface area contributed by atoms with Crippen molar-refractivity contribution in [1.29, 1.82) is 0 Å². The van der Waals surface area contributed by atoms with E-state index in [1.54, 1.807) is 0 Å². The summed E-state index contributed by atoms with van der Waals surface area (Å²) in [5.74, 6) is -0.165. The van der Waals surface area contributed by atoms with Gasteiger partial charge in [-0.1, -0.05) is 0 Å². The monoisotopic (exact) mass is 316 g/mol. The van der Waals surface area contributed by atoms with Crippen LogP contribution in [0.3, 0.4) is 0 Å². The molecule has 2 unspecified atom stereocenters. The third-order valence-electron chi connectivity index (χ3n) is 2.69. The van der Waals surface area contributed by atoms with Gasteiger partial charge in [0.2, 0.25) is 0 Å². The summed E-state index contributed by atoms with van der Waals surface area (Å²) >= 11 is -1.21. The van der Waals surface area contributed by atoms with E-state index in [9.17, 15) is 13.0 Å². The summed E-state index contributed by atoms with van der Waals surface area (Å²) in [7, 11) is -4.04. The summed E-state index contributed by atoms with van der Waals surface area (Å²) in [5, 5.41) is 4.17. The third-order valence-corrected chi connectivity index (χ3v) is 9.44. The normalized spacial score (nSPS) is 23.4. The Morgan fingerprint density at radius 1 is 1.41 bits per heavy atom. The van der Waals surface area contributed by atoms with E-state index in [-0.39, 0.29) is 10.5 Å². The molecule has 0 spiro atoms. The molecule has 1 aromatic rings. The molecule has 0 amide bonds. The molecule has 0 bridgehead atoms. The van der Waals surface area contributed by atoms with Crippen LogP contribution in [0.15, 0.2) is 24.3 Å². The van der Waals surface area contributed by atoms with Gasteiger partial charge in [0.1, 0.15) is 0 Å². The van der Waals surface area contributed by atoms with Crippen LogP contribution in [0.4, 0.5) is 5.69 Å². The van der Waals surface area contributed by atoms with Gasteiger partial charge in [0.05, 0.1) is 0 Å². The minimum atomic E-state index is -4.04. The standard InChI is InChI=1S/C11H16AsNO3S/c1-2-13-11-5-3-9(4-6-11)12-7-10(12)8-17(14,15)16/h3-6,10,13H,2,7-8H2,1H3,(H,14,15,16)/p-1. The molecule has 1 aliphatic rings. The van der Waals surface area contributed by atoms with E-state index < -0.39 is 24.8 Å². The van der Waals surface area contributed by atoms with Crippen molar-refractivity contribution in [3.63, 3.8) is 0 Å². The summed E-state index contributed by atoms with van der Waals surface area (Å²) in [6, 6.07) is 8.17. The molecule has 1 heterocycles. The molecule has 6 heteroatoms. The van der Waals surface area contributed by atoms with Crippen molar-refractivity contribution in [2.24, 2.45) is 0 Å². The third kappa shape index (κ3) is 3.73. The van der Waals surface area contributed by atoms with E-state index in [0.29, 0.717) is 0 Å². The molecule has 2 atom stereocenters. The first-order valence-corrected chi connectivity index (χ1v) is 10.5. The SMILES string of the molecule is CCNc1ccc([As]2CC2CS(=O)(=O)[O-])cc1. The van der Waals surface area contributed by atoms with Crippen molar-refractivity contribution < 1.29 is 13.0 Å². The first-order valence-electron chi connectivity index (χ1n) is 5.54. The van der Waals surface area contributed by atoms with Crippen molar-refractivity contribution in [2.75, 3.05) is 17.6 Å². The van der Waals surface area contributed by atoms with Crippen LogP contribution in [0, 0.1) is 0 Å². The Labute approximate surface area is 106 Å². The predicted octanol–water partition coefficient (Wildman–Crippen LogP) is 0.749. The van der Waals surface area contributed by atoms with Gasteiger partial charge in [0.25, 0.3) is 0 Å². The molecule has 0 radical (unpaired) electrons. The van der Waals surface area contributed by atoms with Gasteiger partial charge in [-0.2, -0.15) is 0 Å². The average Bonchev–Trinajstić information content (AvgIpc) is 2.96. The van der Waals surface area contributed by atoms with Crippen molar-refractivity contribution in [1.82, 2.24) is 0 Å². The average molecular weight is 316 g/mol. The van der Waals surface area contributed by atoms with Crippen molar-refractivity contribution in [3.05, 3.63) is 24.3 Å². The van der Waals surface area contributed by atoms with E-state index in [0.717, 1.165) is 17.4 Å². The fraction of sp³-hybridized carbons (Fsp3) is 0.455. The molecule has 1 fully saturated rings. The molecular weight excluding hydrogens is 301 g/mol. The summed E-state index contributed by atoms with van der Waals surface area (Å²) in [5.41, 5.74) is 1.08. The predicted molar refractivity (Wildman–Crippen MR) is 69.1 cm³/mol. The van der Waals surface area contributed by atoms with E-state index >= 15 is 0 Å². The Kier molecular flexibility index (Phi) is 3.81. The second-order valence-electron chi connectivity index (χ2n) is 4.11. The van der Waals surface area contributed by atoms with Gasteiger partial charge < -0.3 is 0 Å². The van der Waals surface area contributed by atoms with Crippen LogP contribution in [-0.4, -0.2) is 39.9 Å². The molecule has 2 rings (SSSR count). The fourth-order valence-electron chi connectivity index (χ4n) is 1.85. The molecule has 1 saturated heterocycles. The molecule has 1 N–H and O–H groups in total. The van der Waals surface area contributed by atoms with Crippen LogP contribution in [0.5, 0.6) is 0 Å². The van der Waals surface area contributed by atoms with Gasteiger partial charge in [-0.15, -0.1) is 0 Å². The van der Waals surface area contributed by atoms with Gasteiger partial charge in [0.15, 0.2) is 0 Å². The van der Waals surface area contributed by atoms with Crippen LogP contribution in [-0.2, 0) is 10.1 Å². The van der Waals surface area contributed by atoms with E-state index in [4.69, 9.17) is 0 Å². The second-order valence-corrected chi connectivity index (χ2v) is 10.9. The molecule has 1 aromatic carbocycles. The Morgan fingerprint density at radius 2 is 2.06 bits per heavy atom. The molecule has 0 saturated carbocycles. The maximum absolute atomic E-state index is 10.7. The van der Waals surface area contributed by atoms with Crippen molar-refractivity contribution in [2.45, 2.75) is 16.8 Å². The van der Waals surface area contributed by atoms with Crippen LogP contribution in [0.25, 0.3) is 0 Å². The molecule has 17 heavy (non-hydrogen) atoms. The van der Waals surface area contributed by atoms with Crippen molar-refractivity contribution in [3.8, 4) is 0 Å². The first-order chi connectivity index (χ1) is 7.99. The molecular formula is C11H15AsNO3S-. The van der Waals surface area contributed by atoms with Gasteiger partial charge in [0, 0.05) is 0 Å². The van der Waals surface area contributed by atoms with Crippen LogP contribution >= 0.6 is 0 Å². The molecule has 0 aliphatic carbocycles. The molecule has 94 valence electrons. The second kappa shape index (κ2) is 5.00. The fourth-order valence-corrected chi connectivity index (χ4v) is 9.64. The van der Waals surface area contributed by atoms with Gasteiger partial charge in [-0.3, -0.25) is 0 Å². The number of benzene rings is 1. The van der Waals surface area contributed by atoms with Crippen molar-refractivity contribution >= 4 is 34.8 Å². The number of nitrogens with one attached hydrogen (secondary N) is 1. The van der Waals surface area contributed by atoms with Crippen LogP contribution < -0.4 is 9.67 Å². The zero-order valence-electron chi connectivity index (χ0n) is 9.59. The van der Waals surface area contributed by atoms with Gasteiger partial charge in [-0.05, 0) is 0 Å². The molecule has 4 nitrogen and oxygen atoms in total. The van der Waals surface area contributed by atoms with Crippen LogP contribution in [0.1, 0.15) is 6.92 Å². The Balaban J connectivity index is 1.97. The number of hydrogen-bond donors (Lipinski definition) is 1. The molecule has 1 aliphatic heterocycles. The maximum atomic E-state index is 10.7.